The van der Waals surface area contributed by atoms with Gasteiger partial charge in [0.2, 0.25) is 5.95 Å². The zero-order valence-corrected chi connectivity index (χ0v) is 16.4. The molecule has 0 bridgehead atoms. The smallest absolute Gasteiger partial charge is 0.227 e. The topological polar surface area (TPSA) is 59.5 Å². The Morgan fingerprint density at radius 1 is 0.929 bits per heavy atom. The zero-order valence-electron chi connectivity index (χ0n) is 16.4. The number of aromatic nitrogens is 2. The molecule has 4 rings (SSSR count). The second-order valence-corrected chi connectivity index (χ2v) is 6.98. The SMILES string of the molecule is COc1cc2nc(N3CCCCC3)nc(NCc3ccccc3)c2cc1OC. The molecule has 1 aromatic heterocycles. The highest BCUT2D eigenvalue weighted by molar-refractivity contribution is 5.92. The van der Waals surface area contributed by atoms with E-state index in [-0.39, 0.29) is 0 Å². The molecule has 1 aliphatic rings. The molecule has 2 aromatic carbocycles. The van der Waals surface area contributed by atoms with E-state index >= 15 is 0 Å². The quantitative estimate of drug-likeness (QED) is 0.692. The maximum absolute atomic E-state index is 5.49. The van der Waals surface area contributed by atoms with E-state index in [0.717, 1.165) is 35.8 Å². The Morgan fingerprint density at radius 3 is 2.36 bits per heavy atom. The second-order valence-electron chi connectivity index (χ2n) is 6.98. The first-order chi connectivity index (χ1) is 13.8. The van der Waals surface area contributed by atoms with Crippen LogP contribution in [0.1, 0.15) is 24.8 Å². The van der Waals surface area contributed by atoms with Crippen LogP contribution in [0.3, 0.4) is 0 Å². The average Bonchev–Trinajstić information content (AvgIpc) is 2.77. The minimum Gasteiger partial charge on any atom is -0.493 e. The van der Waals surface area contributed by atoms with Crippen molar-refractivity contribution >= 4 is 22.7 Å². The first kappa shape index (κ1) is 18.3. The Hall–Kier alpha value is -3.02. The summed E-state index contributed by atoms with van der Waals surface area (Å²) < 4.78 is 11.0. The molecule has 1 saturated heterocycles. The lowest BCUT2D eigenvalue weighted by atomic mass is 10.1. The fourth-order valence-corrected chi connectivity index (χ4v) is 3.60. The Balaban J connectivity index is 1.76. The van der Waals surface area contributed by atoms with Gasteiger partial charge in [-0.25, -0.2) is 4.98 Å². The maximum Gasteiger partial charge on any atom is 0.227 e. The third kappa shape index (κ3) is 3.81. The lowest BCUT2D eigenvalue weighted by Gasteiger charge is -2.27. The number of hydrogen-bond acceptors (Lipinski definition) is 6. The zero-order chi connectivity index (χ0) is 19.3. The molecule has 0 atom stereocenters. The van der Waals surface area contributed by atoms with Gasteiger partial charge in [0.1, 0.15) is 5.82 Å². The van der Waals surface area contributed by atoms with Crippen molar-refractivity contribution < 1.29 is 9.47 Å². The molecule has 0 unspecified atom stereocenters. The number of nitrogens with one attached hydrogen (secondary N) is 1. The second kappa shape index (κ2) is 8.33. The van der Waals surface area contributed by atoms with Gasteiger partial charge in [-0.2, -0.15) is 4.98 Å². The van der Waals surface area contributed by atoms with Crippen molar-refractivity contribution in [1.82, 2.24) is 9.97 Å². The Bertz CT molecular complexity index is 940. The van der Waals surface area contributed by atoms with Crippen molar-refractivity contribution in [2.24, 2.45) is 0 Å². The molecule has 2 heterocycles. The molecule has 1 aliphatic heterocycles. The van der Waals surface area contributed by atoms with Crippen molar-refractivity contribution in [3.63, 3.8) is 0 Å². The summed E-state index contributed by atoms with van der Waals surface area (Å²) in [4.78, 5) is 12.0. The van der Waals surface area contributed by atoms with E-state index in [1.165, 1.54) is 24.8 Å². The molecule has 1 N–H and O–H groups in total. The molecule has 28 heavy (non-hydrogen) atoms. The molecule has 6 heteroatoms. The summed E-state index contributed by atoms with van der Waals surface area (Å²) in [7, 11) is 3.29. The number of anilines is 2. The van der Waals surface area contributed by atoms with E-state index in [4.69, 9.17) is 19.4 Å². The third-order valence-electron chi connectivity index (χ3n) is 5.13. The fraction of sp³-hybridized carbons (Fsp3) is 0.364. The summed E-state index contributed by atoms with van der Waals surface area (Å²) in [5.74, 6) is 2.93. The van der Waals surface area contributed by atoms with Crippen LogP contribution in [0.5, 0.6) is 11.5 Å². The molecule has 0 spiro atoms. The Morgan fingerprint density at radius 2 is 1.64 bits per heavy atom. The highest BCUT2D eigenvalue weighted by atomic mass is 16.5. The van der Waals surface area contributed by atoms with E-state index in [1.807, 2.05) is 30.3 Å². The van der Waals surface area contributed by atoms with Gasteiger partial charge in [0, 0.05) is 31.1 Å². The maximum atomic E-state index is 5.49. The lowest BCUT2D eigenvalue weighted by Crippen LogP contribution is -2.31. The summed E-state index contributed by atoms with van der Waals surface area (Å²) in [6.45, 7) is 2.69. The van der Waals surface area contributed by atoms with Crippen molar-refractivity contribution in [3.05, 3.63) is 48.0 Å². The van der Waals surface area contributed by atoms with Gasteiger partial charge in [-0.1, -0.05) is 30.3 Å². The summed E-state index contributed by atoms with van der Waals surface area (Å²) >= 11 is 0. The van der Waals surface area contributed by atoms with Crippen LogP contribution >= 0.6 is 0 Å². The van der Waals surface area contributed by atoms with Crippen LogP contribution in [0.15, 0.2) is 42.5 Å². The van der Waals surface area contributed by atoms with Crippen LogP contribution in [0, 0.1) is 0 Å². The lowest BCUT2D eigenvalue weighted by molar-refractivity contribution is 0.356. The molecule has 146 valence electrons. The monoisotopic (exact) mass is 378 g/mol. The summed E-state index contributed by atoms with van der Waals surface area (Å²) in [5, 5.41) is 4.42. The van der Waals surface area contributed by atoms with Gasteiger partial charge in [0.15, 0.2) is 11.5 Å². The number of fused-ring (bicyclic) bond motifs is 1. The van der Waals surface area contributed by atoms with Crippen molar-refractivity contribution in [2.45, 2.75) is 25.8 Å². The normalized spacial score (nSPS) is 14.1. The molecule has 0 radical (unpaired) electrons. The van der Waals surface area contributed by atoms with Gasteiger partial charge >= 0.3 is 0 Å². The Labute approximate surface area is 165 Å². The van der Waals surface area contributed by atoms with Crippen LogP contribution in [0.25, 0.3) is 10.9 Å². The van der Waals surface area contributed by atoms with Crippen molar-refractivity contribution in [1.29, 1.82) is 0 Å². The van der Waals surface area contributed by atoms with Crippen LogP contribution in [-0.4, -0.2) is 37.3 Å². The largest absolute Gasteiger partial charge is 0.493 e. The number of nitrogens with zero attached hydrogens (tertiary/aromatic N) is 3. The van der Waals surface area contributed by atoms with Gasteiger partial charge in [-0.15, -0.1) is 0 Å². The van der Waals surface area contributed by atoms with Gasteiger partial charge in [0.25, 0.3) is 0 Å². The fourth-order valence-electron chi connectivity index (χ4n) is 3.60. The summed E-state index contributed by atoms with van der Waals surface area (Å²) in [6.07, 6.45) is 3.63. The molecule has 0 saturated carbocycles. The standard InChI is InChI=1S/C22H26N4O2/c1-27-19-13-17-18(14-20(19)28-2)24-22(26-11-7-4-8-12-26)25-21(17)23-15-16-9-5-3-6-10-16/h3,5-6,9-10,13-14H,4,7-8,11-12,15H2,1-2H3,(H,23,24,25). The van der Waals surface area contributed by atoms with E-state index < -0.39 is 0 Å². The summed E-state index contributed by atoms with van der Waals surface area (Å²) in [6, 6.07) is 14.2. The highest BCUT2D eigenvalue weighted by Crippen LogP contribution is 2.35. The summed E-state index contributed by atoms with van der Waals surface area (Å²) in [5.41, 5.74) is 2.05. The first-order valence-electron chi connectivity index (χ1n) is 9.75. The molecule has 6 nitrogen and oxygen atoms in total. The predicted molar refractivity (Wildman–Crippen MR) is 112 cm³/mol. The molecule has 1 fully saturated rings. The minimum absolute atomic E-state index is 0.673. The number of methoxy groups -OCH3 is 2. The minimum atomic E-state index is 0.673. The average molecular weight is 378 g/mol. The molecular formula is C22H26N4O2. The van der Waals surface area contributed by atoms with Crippen LogP contribution in [-0.2, 0) is 6.54 Å². The highest BCUT2D eigenvalue weighted by Gasteiger charge is 2.18. The number of piperidine rings is 1. The van der Waals surface area contributed by atoms with E-state index in [2.05, 4.69) is 22.3 Å². The van der Waals surface area contributed by atoms with Gasteiger partial charge < -0.3 is 19.7 Å². The number of rotatable bonds is 6. The van der Waals surface area contributed by atoms with Crippen LogP contribution < -0.4 is 19.7 Å². The van der Waals surface area contributed by atoms with Crippen LogP contribution in [0.4, 0.5) is 11.8 Å². The number of hydrogen-bond donors (Lipinski definition) is 1. The Kier molecular flexibility index (Phi) is 5.46. The van der Waals surface area contributed by atoms with E-state index in [9.17, 15) is 0 Å². The van der Waals surface area contributed by atoms with Crippen LogP contribution in [0.2, 0.25) is 0 Å². The molecule has 0 aliphatic carbocycles. The van der Waals surface area contributed by atoms with E-state index in [1.54, 1.807) is 14.2 Å². The van der Waals surface area contributed by atoms with Crippen molar-refractivity contribution in [3.8, 4) is 11.5 Å². The van der Waals surface area contributed by atoms with Gasteiger partial charge in [-0.05, 0) is 30.9 Å². The third-order valence-corrected chi connectivity index (χ3v) is 5.13. The number of benzene rings is 2. The molecular weight excluding hydrogens is 352 g/mol. The van der Waals surface area contributed by atoms with Gasteiger partial charge in [0.05, 0.1) is 19.7 Å². The van der Waals surface area contributed by atoms with Crippen molar-refractivity contribution in [2.75, 3.05) is 37.5 Å². The number of ether oxygens (including phenoxy) is 2. The molecule has 3 aromatic rings. The van der Waals surface area contributed by atoms with E-state index in [0.29, 0.717) is 18.0 Å². The van der Waals surface area contributed by atoms with Gasteiger partial charge in [-0.3, -0.25) is 0 Å². The first-order valence-corrected chi connectivity index (χ1v) is 9.75. The predicted octanol–water partition coefficient (Wildman–Crippen LogP) is 4.25. The molecule has 0 amide bonds.